The number of carbonyl (C=O) groups is 2. The SMILES string of the molecule is CC(NC(=O)c1ccc(C(=O)O)cn1)c1nncn1C. The fourth-order valence-corrected chi connectivity index (χ4v) is 1.67. The summed E-state index contributed by atoms with van der Waals surface area (Å²) in [7, 11) is 1.78. The predicted octanol–water partition coefficient (Wildman–Crippen LogP) is 0.399. The maximum absolute atomic E-state index is 12.0. The van der Waals surface area contributed by atoms with Crippen LogP contribution in [0.25, 0.3) is 0 Å². The molecule has 0 bridgehead atoms. The Hall–Kier alpha value is -2.77. The Balaban J connectivity index is 2.08. The predicted molar refractivity (Wildman–Crippen MR) is 68.1 cm³/mol. The largest absolute Gasteiger partial charge is 0.478 e. The molecule has 0 saturated heterocycles. The van der Waals surface area contributed by atoms with E-state index in [0.29, 0.717) is 5.82 Å². The molecule has 2 N–H and O–H groups in total. The van der Waals surface area contributed by atoms with Crippen LogP contribution in [0.15, 0.2) is 24.7 Å². The van der Waals surface area contributed by atoms with Crippen molar-refractivity contribution in [2.45, 2.75) is 13.0 Å². The monoisotopic (exact) mass is 275 g/mol. The standard InChI is InChI=1S/C12H13N5O3/c1-7(10-16-14-6-17(10)2)15-11(18)9-4-3-8(5-13-9)12(19)20/h3-7H,1-2H3,(H,15,18)(H,19,20). The molecule has 0 radical (unpaired) electrons. The van der Waals surface area contributed by atoms with Crippen molar-refractivity contribution in [3.05, 3.63) is 41.7 Å². The molecule has 1 amide bonds. The van der Waals surface area contributed by atoms with E-state index in [9.17, 15) is 9.59 Å². The molecule has 0 aromatic carbocycles. The first-order chi connectivity index (χ1) is 9.49. The second kappa shape index (κ2) is 5.47. The number of aromatic carboxylic acids is 1. The molecule has 8 heteroatoms. The van der Waals surface area contributed by atoms with Gasteiger partial charge in [-0.1, -0.05) is 0 Å². The third kappa shape index (κ3) is 2.79. The van der Waals surface area contributed by atoms with Gasteiger partial charge in [0.1, 0.15) is 12.0 Å². The summed E-state index contributed by atoms with van der Waals surface area (Å²) < 4.78 is 1.70. The molecule has 2 aromatic rings. The molecule has 2 aromatic heterocycles. The molecular formula is C12H13N5O3. The topological polar surface area (TPSA) is 110 Å². The zero-order chi connectivity index (χ0) is 14.7. The van der Waals surface area contributed by atoms with Crippen LogP contribution < -0.4 is 5.32 Å². The summed E-state index contributed by atoms with van der Waals surface area (Å²) in [5, 5.41) is 19.1. The van der Waals surface area contributed by atoms with Crippen molar-refractivity contribution in [2.75, 3.05) is 0 Å². The molecule has 2 rings (SSSR count). The molecule has 0 aliphatic rings. The maximum Gasteiger partial charge on any atom is 0.337 e. The Morgan fingerprint density at radius 1 is 1.40 bits per heavy atom. The van der Waals surface area contributed by atoms with E-state index in [1.807, 2.05) is 0 Å². The van der Waals surface area contributed by atoms with Gasteiger partial charge in [-0.25, -0.2) is 4.79 Å². The number of carbonyl (C=O) groups excluding carboxylic acids is 1. The van der Waals surface area contributed by atoms with Gasteiger partial charge in [0.2, 0.25) is 0 Å². The molecule has 1 atom stereocenters. The Bertz CT molecular complexity index is 635. The van der Waals surface area contributed by atoms with Crippen LogP contribution >= 0.6 is 0 Å². The summed E-state index contributed by atoms with van der Waals surface area (Å²) in [5.74, 6) is -0.880. The summed E-state index contributed by atoms with van der Waals surface area (Å²) in [6.45, 7) is 1.77. The highest BCUT2D eigenvalue weighted by molar-refractivity contribution is 5.93. The van der Waals surface area contributed by atoms with Crippen molar-refractivity contribution >= 4 is 11.9 Å². The summed E-state index contributed by atoms with van der Waals surface area (Å²) in [6, 6.07) is 2.36. The minimum absolute atomic E-state index is 0.0305. The number of amides is 1. The van der Waals surface area contributed by atoms with Gasteiger partial charge in [-0.15, -0.1) is 10.2 Å². The Morgan fingerprint density at radius 2 is 2.15 bits per heavy atom. The number of rotatable bonds is 4. The zero-order valence-electron chi connectivity index (χ0n) is 10.9. The lowest BCUT2D eigenvalue weighted by molar-refractivity contribution is 0.0695. The normalized spacial score (nSPS) is 11.9. The lowest BCUT2D eigenvalue weighted by Gasteiger charge is -2.12. The number of hydrogen-bond donors (Lipinski definition) is 2. The molecule has 104 valence electrons. The lowest BCUT2D eigenvalue weighted by Crippen LogP contribution is -2.29. The molecule has 0 aliphatic carbocycles. The van der Waals surface area contributed by atoms with Gasteiger partial charge in [0.15, 0.2) is 5.82 Å². The highest BCUT2D eigenvalue weighted by atomic mass is 16.4. The van der Waals surface area contributed by atoms with Crippen LogP contribution in [0.3, 0.4) is 0 Å². The number of aromatic nitrogens is 4. The van der Waals surface area contributed by atoms with Gasteiger partial charge in [-0.3, -0.25) is 9.78 Å². The van der Waals surface area contributed by atoms with Crippen molar-refractivity contribution in [1.29, 1.82) is 0 Å². The summed E-state index contributed by atoms with van der Waals surface area (Å²) in [4.78, 5) is 26.5. The zero-order valence-corrected chi connectivity index (χ0v) is 10.9. The molecule has 20 heavy (non-hydrogen) atoms. The van der Waals surface area contributed by atoms with Crippen molar-refractivity contribution in [2.24, 2.45) is 7.05 Å². The Morgan fingerprint density at radius 3 is 2.65 bits per heavy atom. The first-order valence-electron chi connectivity index (χ1n) is 5.83. The maximum atomic E-state index is 12.0. The third-order valence-corrected chi connectivity index (χ3v) is 2.72. The van der Waals surface area contributed by atoms with Gasteiger partial charge in [-0.05, 0) is 19.1 Å². The summed E-state index contributed by atoms with van der Waals surface area (Å²) >= 11 is 0. The van der Waals surface area contributed by atoms with E-state index < -0.39 is 11.9 Å². The Kier molecular flexibility index (Phi) is 3.74. The van der Waals surface area contributed by atoms with E-state index in [0.717, 1.165) is 6.20 Å². The molecule has 0 fully saturated rings. The minimum atomic E-state index is -1.09. The van der Waals surface area contributed by atoms with E-state index in [2.05, 4.69) is 20.5 Å². The van der Waals surface area contributed by atoms with Gasteiger partial charge in [0.05, 0.1) is 11.6 Å². The number of hydrogen-bond acceptors (Lipinski definition) is 5. The highest BCUT2D eigenvalue weighted by Crippen LogP contribution is 2.08. The second-order valence-corrected chi connectivity index (χ2v) is 4.23. The minimum Gasteiger partial charge on any atom is -0.478 e. The van der Waals surface area contributed by atoms with Crippen molar-refractivity contribution in [3.8, 4) is 0 Å². The van der Waals surface area contributed by atoms with Crippen molar-refractivity contribution in [1.82, 2.24) is 25.1 Å². The molecule has 0 spiro atoms. The molecular weight excluding hydrogens is 262 g/mol. The lowest BCUT2D eigenvalue weighted by atomic mass is 10.2. The van der Waals surface area contributed by atoms with Crippen LogP contribution in [0.4, 0.5) is 0 Å². The molecule has 1 unspecified atom stereocenters. The average Bonchev–Trinajstić information content (AvgIpc) is 2.85. The fourth-order valence-electron chi connectivity index (χ4n) is 1.67. The highest BCUT2D eigenvalue weighted by Gasteiger charge is 2.16. The van der Waals surface area contributed by atoms with Crippen LogP contribution in [0.2, 0.25) is 0 Å². The molecule has 2 heterocycles. The first kappa shape index (κ1) is 13.7. The van der Waals surface area contributed by atoms with E-state index in [4.69, 9.17) is 5.11 Å². The van der Waals surface area contributed by atoms with E-state index in [1.165, 1.54) is 18.5 Å². The molecule has 0 aliphatic heterocycles. The summed E-state index contributed by atoms with van der Waals surface area (Å²) in [5.41, 5.74) is 0.173. The van der Waals surface area contributed by atoms with Gasteiger partial charge in [0.25, 0.3) is 5.91 Å². The van der Waals surface area contributed by atoms with Gasteiger partial charge >= 0.3 is 5.97 Å². The quantitative estimate of drug-likeness (QED) is 0.835. The van der Waals surface area contributed by atoms with Gasteiger partial charge in [-0.2, -0.15) is 0 Å². The van der Waals surface area contributed by atoms with Crippen LogP contribution in [-0.2, 0) is 7.05 Å². The number of pyridine rings is 1. The average molecular weight is 275 g/mol. The van der Waals surface area contributed by atoms with Crippen molar-refractivity contribution in [3.63, 3.8) is 0 Å². The van der Waals surface area contributed by atoms with Crippen LogP contribution in [0.5, 0.6) is 0 Å². The molecule has 8 nitrogen and oxygen atoms in total. The number of nitrogens with zero attached hydrogens (tertiary/aromatic N) is 4. The van der Waals surface area contributed by atoms with E-state index >= 15 is 0 Å². The Labute approximate surface area is 114 Å². The summed E-state index contributed by atoms with van der Waals surface area (Å²) in [6.07, 6.45) is 2.68. The fraction of sp³-hybridized carbons (Fsp3) is 0.250. The van der Waals surface area contributed by atoms with Crippen LogP contribution in [0, 0.1) is 0 Å². The van der Waals surface area contributed by atoms with Crippen molar-refractivity contribution < 1.29 is 14.7 Å². The van der Waals surface area contributed by atoms with Crippen LogP contribution in [-0.4, -0.2) is 36.7 Å². The van der Waals surface area contributed by atoms with Crippen LogP contribution in [0.1, 0.15) is 39.6 Å². The van der Waals surface area contributed by atoms with E-state index in [-0.39, 0.29) is 17.3 Å². The van der Waals surface area contributed by atoms with E-state index in [1.54, 1.807) is 18.5 Å². The van der Waals surface area contributed by atoms with Gasteiger partial charge in [0, 0.05) is 13.2 Å². The number of carboxylic acid groups (broad SMARTS) is 1. The number of nitrogens with one attached hydrogen (secondary N) is 1. The number of carboxylic acids is 1. The first-order valence-corrected chi connectivity index (χ1v) is 5.83. The smallest absolute Gasteiger partial charge is 0.337 e. The second-order valence-electron chi connectivity index (χ2n) is 4.23. The molecule has 0 saturated carbocycles. The van der Waals surface area contributed by atoms with Gasteiger partial charge < -0.3 is 15.0 Å². The third-order valence-electron chi connectivity index (χ3n) is 2.72. The number of aryl methyl sites for hydroxylation is 1.